The van der Waals surface area contributed by atoms with E-state index in [0.717, 1.165) is 42.9 Å². The minimum absolute atomic E-state index is 0.181. The average Bonchev–Trinajstić information content (AvgIpc) is 2.67. The number of benzene rings is 1. The van der Waals surface area contributed by atoms with Gasteiger partial charge in [-0.2, -0.15) is 0 Å². The van der Waals surface area contributed by atoms with Gasteiger partial charge >= 0.3 is 5.97 Å². The molecule has 5 heteroatoms. The topological polar surface area (TPSA) is 62.7 Å². The molecule has 1 atom stereocenters. The summed E-state index contributed by atoms with van der Waals surface area (Å²) in [6, 6.07) is 11.7. The van der Waals surface area contributed by atoms with Crippen molar-refractivity contribution >= 4 is 11.7 Å². The predicted molar refractivity (Wildman–Crippen MR) is 97.0 cm³/mol. The maximum Gasteiger partial charge on any atom is 0.307 e. The Morgan fingerprint density at radius 3 is 2.56 bits per heavy atom. The number of ether oxygens (including phenoxy) is 1. The molecule has 0 aliphatic carbocycles. The van der Waals surface area contributed by atoms with Crippen molar-refractivity contribution in [3.05, 3.63) is 54.4 Å². The van der Waals surface area contributed by atoms with Crippen LogP contribution in [0.25, 0.3) is 0 Å². The van der Waals surface area contributed by atoms with Gasteiger partial charge in [0.2, 0.25) is 0 Å². The molecule has 1 unspecified atom stereocenters. The number of carbonyl (C=O) groups is 1. The molecule has 1 saturated heterocycles. The summed E-state index contributed by atoms with van der Waals surface area (Å²) in [7, 11) is 1.63. The van der Waals surface area contributed by atoms with Gasteiger partial charge in [0.1, 0.15) is 5.75 Å². The van der Waals surface area contributed by atoms with Crippen LogP contribution in [0.2, 0.25) is 0 Å². The summed E-state index contributed by atoms with van der Waals surface area (Å²) in [6.07, 6.45) is 5.87. The first-order valence-corrected chi connectivity index (χ1v) is 8.68. The minimum atomic E-state index is -0.715. The van der Waals surface area contributed by atoms with Gasteiger partial charge in [-0.05, 0) is 48.9 Å². The first-order valence-electron chi connectivity index (χ1n) is 8.68. The second kappa shape index (κ2) is 8.01. The Balaban J connectivity index is 1.67. The molecule has 3 rings (SSSR count). The van der Waals surface area contributed by atoms with Crippen molar-refractivity contribution in [1.29, 1.82) is 0 Å². The Morgan fingerprint density at radius 2 is 1.92 bits per heavy atom. The van der Waals surface area contributed by atoms with Crippen molar-refractivity contribution in [3.63, 3.8) is 0 Å². The number of piperidine rings is 1. The molecule has 2 heterocycles. The van der Waals surface area contributed by atoms with Crippen LogP contribution >= 0.6 is 0 Å². The number of rotatable bonds is 6. The van der Waals surface area contributed by atoms with E-state index in [2.05, 4.69) is 9.88 Å². The fourth-order valence-electron chi connectivity index (χ4n) is 3.68. The summed E-state index contributed by atoms with van der Waals surface area (Å²) in [5.74, 6) is -0.146. The second-order valence-electron chi connectivity index (χ2n) is 6.49. The molecule has 0 saturated carbocycles. The molecule has 5 nitrogen and oxygen atoms in total. The first kappa shape index (κ1) is 17.3. The second-order valence-corrected chi connectivity index (χ2v) is 6.49. The van der Waals surface area contributed by atoms with Gasteiger partial charge in [0.15, 0.2) is 0 Å². The number of pyridine rings is 1. The lowest BCUT2D eigenvalue weighted by Gasteiger charge is -2.36. The monoisotopic (exact) mass is 340 g/mol. The van der Waals surface area contributed by atoms with Crippen molar-refractivity contribution in [2.45, 2.75) is 19.3 Å². The van der Waals surface area contributed by atoms with Gasteiger partial charge in [0.25, 0.3) is 0 Å². The number of methoxy groups -OCH3 is 1. The number of para-hydroxylation sites is 1. The van der Waals surface area contributed by atoms with E-state index in [1.54, 1.807) is 19.5 Å². The van der Waals surface area contributed by atoms with E-state index >= 15 is 0 Å². The summed E-state index contributed by atoms with van der Waals surface area (Å²) in [5.41, 5.74) is 2.12. The summed E-state index contributed by atoms with van der Waals surface area (Å²) < 4.78 is 5.38. The van der Waals surface area contributed by atoms with Crippen molar-refractivity contribution in [3.8, 4) is 5.75 Å². The van der Waals surface area contributed by atoms with Crippen molar-refractivity contribution < 1.29 is 14.6 Å². The molecule has 1 aromatic carbocycles. The standard InChI is InChI=1S/C20H24N2O3/c1-25-19-5-3-2-4-16(19)14-18(20(23)24)15-8-12-22(13-9-15)17-6-10-21-11-7-17/h2-7,10-11,15,18H,8-9,12-14H2,1H3,(H,23,24). The number of aliphatic carboxylic acids is 1. The molecule has 0 amide bonds. The zero-order chi connectivity index (χ0) is 17.6. The van der Waals surface area contributed by atoms with Gasteiger partial charge < -0.3 is 14.7 Å². The summed E-state index contributed by atoms with van der Waals surface area (Å²) in [5, 5.41) is 9.77. The molecule has 25 heavy (non-hydrogen) atoms. The van der Waals surface area contributed by atoms with E-state index in [1.165, 1.54) is 0 Å². The van der Waals surface area contributed by atoms with Crippen LogP contribution in [0.3, 0.4) is 0 Å². The highest BCUT2D eigenvalue weighted by Crippen LogP contribution is 2.32. The largest absolute Gasteiger partial charge is 0.496 e. The highest BCUT2D eigenvalue weighted by atomic mass is 16.5. The first-order chi connectivity index (χ1) is 12.2. The van der Waals surface area contributed by atoms with Crippen LogP contribution in [0.1, 0.15) is 18.4 Å². The summed E-state index contributed by atoms with van der Waals surface area (Å²) in [4.78, 5) is 18.3. The Kier molecular flexibility index (Phi) is 5.53. The number of carboxylic acid groups (broad SMARTS) is 1. The molecule has 132 valence electrons. The van der Waals surface area contributed by atoms with Crippen LogP contribution < -0.4 is 9.64 Å². The number of nitrogens with zero attached hydrogens (tertiary/aromatic N) is 2. The highest BCUT2D eigenvalue weighted by Gasteiger charge is 2.32. The average molecular weight is 340 g/mol. The smallest absolute Gasteiger partial charge is 0.307 e. The zero-order valence-electron chi connectivity index (χ0n) is 14.5. The Labute approximate surface area is 148 Å². The molecule has 1 fully saturated rings. The van der Waals surface area contributed by atoms with Crippen LogP contribution in [0.5, 0.6) is 5.75 Å². The van der Waals surface area contributed by atoms with Crippen LogP contribution in [-0.4, -0.2) is 36.3 Å². The number of anilines is 1. The van der Waals surface area contributed by atoms with E-state index < -0.39 is 5.97 Å². The fraction of sp³-hybridized carbons (Fsp3) is 0.400. The zero-order valence-corrected chi connectivity index (χ0v) is 14.5. The molecule has 1 aromatic heterocycles. The fourth-order valence-corrected chi connectivity index (χ4v) is 3.68. The molecule has 0 spiro atoms. The number of aromatic nitrogens is 1. The van der Waals surface area contributed by atoms with Crippen LogP contribution in [0.4, 0.5) is 5.69 Å². The van der Waals surface area contributed by atoms with E-state index in [0.29, 0.717) is 6.42 Å². The van der Waals surface area contributed by atoms with Crippen molar-refractivity contribution in [2.75, 3.05) is 25.1 Å². The molecule has 2 aromatic rings. The number of hydrogen-bond acceptors (Lipinski definition) is 4. The lowest BCUT2D eigenvalue weighted by atomic mass is 9.80. The molecule has 1 N–H and O–H groups in total. The molecule has 1 aliphatic rings. The van der Waals surface area contributed by atoms with Crippen LogP contribution in [-0.2, 0) is 11.2 Å². The van der Waals surface area contributed by atoms with Gasteiger partial charge in [0.05, 0.1) is 13.0 Å². The van der Waals surface area contributed by atoms with Gasteiger partial charge in [-0.3, -0.25) is 9.78 Å². The van der Waals surface area contributed by atoms with Crippen LogP contribution in [0.15, 0.2) is 48.8 Å². The van der Waals surface area contributed by atoms with Gasteiger partial charge in [-0.15, -0.1) is 0 Å². The Morgan fingerprint density at radius 1 is 1.24 bits per heavy atom. The third kappa shape index (κ3) is 4.10. The third-order valence-electron chi connectivity index (χ3n) is 5.09. The molecular formula is C20H24N2O3. The van der Waals surface area contributed by atoms with E-state index in [-0.39, 0.29) is 11.8 Å². The Bertz CT molecular complexity index is 697. The lowest BCUT2D eigenvalue weighted by molar-refractivity contribution is -0.144. The highest BCUT2D eigenvalue weighted by molar-refractivity contribution is 5.71. The lowest BCUT2D eigenvalue weighted by Crippen LogP contribution is -2.38. The quantitative estimate of drug-likeness (QED) is 0.874. The normalized spacial score (nSPS) is 16.4. The van der Waals surface area contributed by atoms with Gasteiger partial charge in [-0.25, -0.2) is 0 Å². The SMILES string of the molecule is COc1ccccc1CC(C(=O)O)C1CCN(c2ccncc2)CC1. The maximum atomic E-state index is 11.9. The third-order valence-corrected chi connectivity index (χ3v) is 5.09. The molecule has 0 radical (unpaired) electrons. The predicted octanol–water partition coefficient (Wildman–Crippen LogP) is 3.25. The van der Waals surface area contributed by atoms with Gasteiger partial charge in [0, 0.05) is 31.2 Å². The molecule has 1 aliphatic heterocycles. The van der Waals surface area contributed by atoms with Gasteiger partial charge in [-0.1, -0.05) is 18.2 Å². The minimum Gasteiger partial charge on any atom is -0.496 e. The van der Waals surface area contributed by atoms with E-state index in [1.807, 2.05) is 36.4 Å². The van der Waals surface area contributed by atoms with Crippen molar-refractivity contribution in [2.24, 2.45) is 11.8 Å². The summed E-state index contributed by atoms with van der Waals surface area (Å²) >= 11 is 0. The van der Waals surface area contributed by atoms with Crippen molar-refractivity contribution in [1.82, 2.24) is 4.98 Å². The molecular weight excluding hydrogens is 316 g/mol. The number of carboxylic acids is 1. The Hall–Kier alpha value is -2.56. The van der Waals surface area contributed by atoms with Crippen LogP contribution in [0, 0.1) is 11.8 Å². The maximum absolute atomic E-state index is 11.9. The van der Waals surface area contributed by atoms with E-state index in [4.69, 9.17) is 4.74 Å². The number of hydrogen-bond donors (Lipinski definition) is 1. The molecule has 0 bridgehead atoms. The summed E-state index contributed by atoms with van der Waals surface area (Å²) in [6.45, 7) is 1.76. The van der Waals surface area contributed by atoms with E-state index in [9.17, 15) is 9.90 Å².